The SMILES string of the molecule is CC[C@H](O)c1ccc(Oc2ccccc2Br)cc1. The van der Waals surface area contributed by atoms with Crippen molar-refractivity contribution in [3.63, 3.8) is 0 Å². The van der Waals surface area contributed by atoms with Gasteiger partial charge in [0.2, 0.25) is 0 Å². The van der Waals surface area contributed by atoms with E-state index in [4.69, 9.17) is 4.74 Å². The standard InChI is InChI=1S/C15H15BrO2/c1-2-14(17)11-7-9-12(10-8-11)18-15-6-4-3-5-13(15)16/h3-10,14,17H,2H2,1H3/t14-/m0/s1. The van der Waals surface area contributed by atoms with Gasteiger partial charge in [-0.05, 0) is 52.2 Å². The van der Waals surface area contributed by atoms with Gasteiger partial charge in [0, 0.05) is 0 Å². The van der Waals surface area contributed by atoms with Crippen molar-refractivity contribution in [2.24, 2.45) is 0 Å². The van der Waals surface area contributed by atoms with E-state index < -0.39 is 6.10 Å². The Labute approximate surface area is 115 Å². The third-order valence-corrected chi connectivity index (χ3v) is 3.37. The van der Waals surface area contributed by atoms with E-state index >= 15 is 0 Å². The van der Waals surface area contributed by atoms with Crippen LogP contribution >= 0.6 is 15.9 Å². The van der Waals surface area contributed by atoms with Crippen molar-refractivity contribution in [3.05, 3.63) is 58.6 Å². The summed E-state index contributed by atoms with van der Waals surface area (Å²) in [7, 11) is 0. The third kappa shape index (κ3) is 3.12. The van der Waals surface area contributed by atoms with E-state index in [1.165, 1.54) is 0 Å². The largest absolute Gasteiger partial charge is 0.456 e. The molecule has 0 fully saturated rings. The van der Waals surface area contributed by atoms with Crippen molar-refractivity contribution in [1.29, 1.82) is 0 Å². The fraction of sp³-hybridized carbons (Fsp3) is 0.200. The second-order valence-electron chi connectivity index (χ2n) is 4.03. The predicted molar refractivity (Wildman–Crippen MR) is 75.9 cm³/mol. The third-order valence-electron chi connectivity index (χ3n) is 2.72. The Morgan fingerprint density at radius 1 is 1.11 bits per heavy atom. The summed E-state index contributed by atoms with van der Waals surface area (Å²) in [6.07, 6.45) is 0.312. The van der Waals surface area contributed by atoms with Crippen LogP contribution in [0.1, 0.15) is 25.0 Å². The first-order valence-corrected chi connectivity index (χ1v) is 6.70. The molecule has 0 aliphatic carbocycles. The minimum Gasteiger partial charge on any atom is -0.456 e. The average Bonchev–Trinajstić information content (AvgIpc) is 2.41. The van der Waals surface area contributed by atoms with Crippen molar-refractivity contribution in [2.45, 2.75) is 19.4 Å². The van der Waals surface area contributed by atoms with Gasteiger partial charge in [-0.1, -0.05) is 31.2 Å². The Morgan fingerprint density at radius 2 is 1.78 bits per heavy atom. The van der Waals surface area contributed by atoms with E-state index in [9.17, 15) is 5.11 Å². The molecule has 0 radical (unpaired) electrons. The van der Waals surface area contributed by atoms with Gasteiger partial charge in [0.15, 0.2) is 0 Å². The second kappa shape index (κ2) is 6.03. The number of hydrogen-bond donors (Lipinski definition) is 1. The molecule has 0 aromatic heterocycles. The van der Waals surface area contributed by atoms with E-state index in [0.29, 0.717) is 6.42 Å². The Kier molecular flexibility index (Phi) is 4.39. The number of hydrogen-bond acceptors (Lipinski definition) is 2. The topological polar surface area (TPSA) is 29.5 Å². The molecule has 2 aromatic rings. The summed E-state index contributed by atoms with van der Waals surface area (Å²) in [4.78, 5) is 0. The summed E-state index contributed by atoms with van der Waals surface area (Å²) in [5, 5.41) is 9.71. The van der Waals surface area contributed by atoms with E-state index in [1.54, 1.807) is 0 Å². The molecule has 2 nitrogen and oxygen atoms in total. The zero-order valence-corrected chi connectivity index (χ0v) is 11.7. The van der Waals surface area contributed by atoms with Crippen LogP contribution in [0.2, 0.25) is 0 Å². The Balaban J connectivity index is 2.14. The summed E-state index contributed by atoms with van der Waals surface area (Å²) >= 11 is 3.44. The molecular formula is C15H15BrO2. The van der Waals surface area contributed by atoms with Crippen LogP contribution in [0.25, 0.3) is 0 Å². The number of ether oxygens (including phenoxy) is 1. The monoisotopic (exact) mass is 306 g/mol. The van der Waals surface area contributed by atoms with E-state index in [2.05, 4.69) is 15.9 Å². The zero-order valence-electron chi connectivity index (χ0n) is 10.1. The maximum absolute atomic E-state index is 9.71. The molecule has 2 rings (SSSR count). The van der Waals surface area contributed by atoms with Gasteiger partial charge in [-0.15, -0.1) is 0 Å². The molecule has 0 spiro atoms. The molecule has 3 heteroatoms. The number of aliphatic hydroxyl groups is 1. The lowest BCUT2D eigenvalue weighted by Gasteiger charge is -2.10. The summed E-state index contributed by atoms with van der Waals surface area (Å²) < 4.78 is 6.67. The molecule has 2 aromatic carbocycles. The summed E-state index contributed by atoms with van der Waals surface area (Å²) in [5.74, 6) is 1.54. The van der Waals surface area contributed by atoms with Crippen molar-refractivity contribution in [1.82, 2.24) is 0 Å². The van der Waals surface area contributed by atoms with Gasteiger partial charge in [-0.2, -0.15) is 0 Å². The summed E-state index contributed by atoms with van der Waals surface area (Å²) in [5.41, 5.74) is 0.914. The molecule has 1 atom stereocenters. The lowest BCUT2D eigenvalue weighted by molar-refractivity contribution is 0.173. The minimum absolute atomic E-state index is 0.400. The Bertz CT molecular complexity index is 508. The van der Waals surface area contributed by atoms with Crippen LogP contribution in [0.15, 0.2) is 53.0 Å². The lowest BCUT2D eigenvalue weighted by atomic mass is 10.1. The van der Waals surface area contributed by atoms with Crippen LogP contribution < -0.4 is 4.74 Å². The van der Waals surface area contributed by atoms with Crippen molar-refractivity contribution >= 4 is 15.9 Å². The van der Waals surface area contributed by atoms with Crippen LogP contribution in [0.5, 0.6) is 11.5 Å². The highest BCUT2D eigenvalue weighted by Gasteiger charge is 2.05. The van der Waals surface area contributed by atoms with E-state index in [0.717, 1.165) is 21.5 Å². The molecule has 0 amide bonds. The Hall–Kier alpha value is -1.32. The van der Waals surface area contributed by atoms with Crippen LogP contribution in [0.3, 0.4) is 0 Å². The van der Waals surface area contributed by atoms with Crippen molar-refractivity contribution < 1.29 is 9.84 Å². The molecule has 0 heterocycles. The van der Waals surface area contributed by atoms with E-state index in [-0.39, 0.29) is 0 Å². The number of aliphatic hydroxyl groups excluding tert-OH is 1. The van der Waals surface area contributed by atoms with Gasteiger partial charge >= 0.3 is 0 Å². The first-order valence-electron chi connectivity index (χ1n) is 5.91. The van der Waals surface area contributed by atoms with Gasteiger partial charge in [0.1, 0.15) is 11.5 Å². The quantitative estimate of drug-likeness (QED) is 0.888. The van der Waals surface area contributed by atoms with Crippen molar-refractivity contribution in [2.75, 3.05) is 0 Å². The van der Waals surface area contributed by atoms with Crippen LogP contribution in [-0.2, 0) is 0 Å². The molecule has 18 heavy (non-hydrogen) atoms. The zero-order chi connectivity index (χ0) is 13.0. The predicted octanol–water partition coefficient (Wildman–Crippen LogP) is 4.68. The van der Waals surface area contributed by atoms with Gasteiger partial charge < -0.3 is 9.84 Å². The molecule has 1 N–H and O–H groups in total. The van der Waals surface area contributed by atoms with E-state index in [1.807, 2.05) is 55.5 Å². The van der Waals surface area contributed by atoms with Gasteiger partial charge in [-0.25, -0.2) is 0 Å². The summed E-state index contributed by atoms with van der Waals surface area (Å²) in [6, 6.07) is 15.2. The number of rotatable bonds is 4. The first-order chi connectivity index (χ1) is 8.70. The molecule has 0 bridgehead atoms. The highest BCUT2D eigenvalue weighted by atomic mass is 79.9. The molecule has 0 unspecified atom stereocenters. The van der Waals surface area contributed by atoms with Gasteiger partial charge in [0.05, 0.1) is 10.6 Å². The van der Waals surface area contributed by atoms with Gasteiger partial charge in [0.25, 0.3) is 0 Å². The fourth-order valence-corrected chi connectivity index (χ4v) is 2.01. The molecule has 94 valence electrons. The lowest BCUT2D eigenvalue weighted by Crippen LogP contribution is -1.94. The minimum atomic E-state index is -0.400. The fourth-order valence-electron chi connectivity index (χ4n) is 1.65. The van der Waals surface area contributed by atoms with Gasteiger partial charge in [-0.3, -0.25) is 0 Å². The highest BCUT2D eigenvalue weighted by Crippen LogP contribution is 2.29. The smallest absolute Gasteiger partial charge is 0.141 e. The average molecular weight is 307 g/mol. The maximum atomic E-state index is 9.71. The summed E-state index contributed by atoms with van der Waals surface area (Å²) in [6.45, 7) is 1.95. The number of para-hydroxylation sites is 1. The number of benzene rings is 2. The maximum Gasteiger partial charge on any atom is 0.141 e. The van der Waals surface area contributed by atoms with Crippen molar-refractivity contribution in [3.8, 4) is 11.5 Å². The molecular weight excluding hydrogens is 292 g/mol. The molecule has 0 saturated heterocycles. The second-order valence-corrected chi connectivity index (χ2v) is 4.88. The van der Waals surface area contributed by atoms with Crippen LogP contribution in [0, 0.1) is 0 Å². The normalized spacial score (nSPS) is 12.2. The number of halogens is 1. The first kappa shape index (κ1) is 13.1. The Morgan fingerprint density at radius 3 is 2.39 bits per heavy atom. The molecule has 0 aliphatic heterocycles. The van der Waals surface area contributed by atoms with Crippen LogP contribution in [-0.4, -0.2) is 5.11 Å². The molecule has 0 aliphatic rings. The highest BCUT2D eigenvalue weighted by molar-refractivity contribution is 9.10. The molecule has 0 saturated carbocycles. The van der Waals surface area contributed by atoms with Crippen LogP contribution in [0.4, 0.5) is 0 Å².